The number of benzene rings is 3. The maximum Gasteiger partial charge on any atom is 0.277 e. The quantitative estimate of drug-likeness (QED) is 0.109. The first kappa shape index (κ1) is 24.0. The normalized spacial score (nSPS) is 14.5. The van der Waals surface area contributed by atoms with E-state index >= 15 is 0 Å². The summed E-state index contributed by atoms with van der Waals surface area (Å²) >= 11 is 6.56. The molecule has 1 N–H and O–H groups in total. The van der Waals surface area contributed by atoms with Crippen molar-refractivity contribution in [2.45, 2.75) is 0 Å². The Morgan fingerprint density at radius 2 is 1.57 bits per heavy atom. The average molecular weight is 528 g/mol. The van der Waals surface area contributed by atoms with Crippen LogP contribution in [0, 0.1) is 10.1 Å². The molecule has 5 rings (SSSR count). The van der Waals surface area contributed by atoms with E-state index in [1.807, 2.05) is 30.3 Å². The van der Waals surface area contributed by atoms with Gasteiger partial charge >= 0.3 is 0 Å². The van der Waals surface area contributed by atoms with Gasteiger partial charge in [-0.3, -0.25) is 29.9 Å². The van der Waals surface area contributed by atoms with Crippen LogP contribution in [0.25, 0.3) is 17.2 Å². The number of nitro groups is 1. The van der Waals surface area contributed by atoms with Crippen LogP contribution < -0.4 is 15.0 Å². The molecular weight excluding hydrogens is 510 g/mol. The number of nitro benzene ring substituents is 1. The molecular formula is C27H17N3O5S2. The van der Waals surface area contributed by atoms with Crippen molar-refractivity contribution in [1.82, 2.24) is 5.32 Å². The lowest BCUT2D eigenvalue weighted by Crippen LogP contribution is -2.54. The van der Waals surface area contributed by atoms with E-state index in [0.717, 1.165) is 0 Å². The van der Waals surface area contributed by atoms with Crippen molar-refractivity contribution < 1.29 is 19.2 Å². The molecule has 0 aliphatic carbocycles. The van der Waals surface area contributed by atoms with Crippen LogP contribution in [0.3, 0.4) is 0 Å². The van der Waals surface area contributed by atoms with Crippen molar-refractivity contribution in [3.63, 3.8) is 0 Å². The first-order valence-electron chi connectivity index (χ1n) is 11.0. The fourth-order valence-corrected chi connectivity index (χ4v) is 4.95. The van der Waals surface area contributed by atoms with Crippen LogP contribution >= 0.6 is 23.6 Å². The van der Waals surface area contributed by atoms with E-state index in [9.17, 15) is 19.7 Å². The SMILES string of the molecule is O=C1NC(=S)N(c2ccc(Oc3ccccc3)cc2)C(=O)C1=Cc1sccc1-c1ccccc1[N+](=O)[O-]. The maximum absolute atomic E-state index is 13.4. The van der Waals surface area contributed by atoms with Crippen molar-refractivity contribution >= 4 is 57.9 Å². The molecule has 1 aliphatic heterocycles. The lowest BCUT2D eigenvalue weighted by atomic mass is 10.0. The number of amides is 2. The summed E-state index contributed by atoms with van der Waals surface area (Å²) < 4.78 is 5.80. The van der Waals surface area contributed by atoms with Gasteiger partial charge in [0.1, 0.15) is 17.1 Å². The van der Waals surface area contributed by atoms with Crippen LogP contribution in [0.2, 0.25) is 0 Å². The van der Waals surface area contributed by atoms with Gasteiger partial charge in [-0.1, -0.05) is 30.3 Å². The highest BCUT2D eigenvalue weighted by Crippen LogP contribution is 2.36. The van der Waals surface area contributed by atoms with Crippen LogP contribution in [-0.4, -0.2) is 21.9 Å². The Balaban J connectivity index is 1.46. The summed E-state index contributed by atoms with van der Waals surface area (Å²) in [4.78, 5) is 39.0. The second-order valence-electron chi connectivity index (χ2n) is 7.84. The molecule has 0 atom stereocenters. The molecule has 0 bridgehead atoms. The van der Waals surface area contributed by atoms with E-state index in [2.05, 4.69) is 5.32 Å². The topological polar surface area (TPSA) is 102 Å². The van der Waals surface area contributed by atoms with Crippen LogP contribution in [-0.2, 0) is 9.59 Å². The number of ether oxygens (including phenoxy) is 1. The third-order valence-corrected chi connectivity index (χ3v) is 6.69. The minimum absolute atomic E-state index is 0.0472. The van der Waals surface area contributed by atoms with Crippen LogP contribution in [0.15, 0.2) is 95.9 Å². The molecule has 182 valence electrons. The maximum atomic E-state index is 13.4. The first-order chi connectivity index (χ1) is 17.9. The predicted octanol–water partition coefficient (Wildman–Crippen LogP) is 5.95. The molecule has 0 radical (unpaired) electrons. The number of carbonyl (C=O) groups excluding carboxylic acids is 2. The van der Waals surface area contributed by atoms with Crippen molar-refractivity contribution in [2.24, 2.45) is 0 Å². The highest BCUT2D eigenvalue weighted by atomic mass is 32.1. The number of nitrogens with one attached hydrogen (secondary N) is 1. The predicted molar refractivity (Wildman–Crippen MR) is 146 cm³/mol. The smallest absolute Gasteiger partial charge is 0.277 e. The zero-order chi connectivity index (χ0) is 25.9. The molecule has 1 saturated heterocycles. The van der Waals surface area contributed by atoms with Crippen molar-refractivity contribution in [3.8, 4) is 22.6 Å². The molecule has 1 aliphatic rings. The Morgan fingerprint density at radius 3 is 2.30 bits per heavy atom. The van der Waals surface area contributed by atoms with E-state index < -0.39 is 16.7 Å². The number of anilines is 1. The number of hydrogen-bond acceptors (Lipinski definition) is 7. The fourth-order valence-electron chi connectivity index (χ4n) is 3.83. The number of thiocarbonyl (C=S) groups is 1. The van der Waals surface area contributed by atoms with Gasteiger partial charge in [-0.15, -0.1) is 11.3 Å². The molecule has 1 fully saturated rings. The van der Waals surface area contributed by atoms with Crippen LogP contribution in [0.4, 0.5) is 11.4 Å². The van der Waals surface area contributed by atoms with Crippen LogP contribution in [0.5, 0.6) is 11.5 Å². The summed E-state index contributed by atoms with van der Waals surface area (Å²) in [6.45, 7) is 0. The average Bonchev–Trinajstić information content (AvgIpc) is 3.36. The van der Waals surface area contributed by atoms with Gasteiger partial charge in [-0.2, -0.15) is 0 Å². The molecule has 0 unspecified atom stereocenters. The zero-order valence-electron chi connectivity index (χ0n) is 19.0. The highest BCUT2D eigenvalue weighted by molar-refractivity contribution is 7.80. The van der Waals surface area contributed by atoms with Gasteiger partial charge in [0.15, 0.2) is 5.11 Å². The monoisotopic (exact) mass is 527 g/mol. The zero-order valence-corrected chi connectivity index (χ0v) is 20.6. The summed E-state index contributed by atoms with van der Waals surface area (Å²) in [5, 5.41) is 15.8. The molecule has 2 amide bonds. The first-order valence-corrected chi connectivity index (χ1v) is 12.3. The molecule has 0 spiro atoms. The Morgan fingerprint density at radius 1 is 0.892 bits per heavy atom. The van der Waals surface area contributed by atoms with Gasteiger partial charge < -0.3 is 4.74 Å². The van der Waals surface area contributed by atoms with Gasteiger partial charge in [0.25, 0.3) is 17.5 Å². The van der Waals surface area contributed by atoms with Gasteiger partial charge in [-0.05, 0) is 72.2 Å². The Hall–Kier alpha value is -4.67. The van der Waals surface area contributed by atoms with E-state index in [-0.39, 0.29) is 16.4 Å². The minimum Gasteiger partial charge on any atom is -0.457 e. The summed E-state index contributed by atoms with van der Waals surface area (Å²) in [6.07, 6.45) is 1.44. The lowest BCUT2D eigenvalue weighted by molar-refractivity contribution is -0.384. The number of thiophene rings is 1. The van der Waals surface area contributed by atoms with E-state index in [1.165, 1.54) is 28.4 Å². The number of carbonyl (C=O) groups is 2. The summed E-state index contributed by atoms with van der Waals surface area (Å²) in [6, 6.07) is 24.0. The number of rotatable bonds is 6. The molecule has 0 saturated carbocycles. The van der Waals surface area contributed by atoms with Crippen LogP contribution in [0.1, 0.15) is 4.88 Å². The lowest BCUT2D eigenvalue weighted by Gasteiger charge is -2.29. The molecule has 8 nitrogen and oxygen atoms in total. The van der Waals surface area contributed by atoms with Gasteiger partial charge in [0, 0.05) is 16.5 Å². The van der Waals surface area contributed by atoms with E-state index in [1.54, 1.807) is 53.9 Å². The standard InChI is InChI=1S/C27H17N3O5S2/c31-25-22(16-24-21(14-15-37-24)20-8-4-5-9-23(20)30(33)34)26(32)29(27(36)28-25)17-10-12-19(13-11-17)35-18-6-2-1-3-7-18/h1-16H,(H,28,31,36). The van der Waals surface area contributed by atoms with Crippen molar-refractivity contribution in [1.29, 1.82) is 0 Å². The number of nitrogens with zero attached hydrogens (tertiary/aromatic N) is 2. The second-order valence-corrected chi connectivity index (χ2v) is 9.17. The summed E-state index contributed by atoms with van der Waals surface area (Å²) in [7, 11) is 0. The Kier molecular flexibility index (Phi) is 6.59. The summed E-state index contributed by atoms with van der Waals surface area (Å²) in [5.74, 6) is -0.00917. The van der Waals surface area contributed by atoms with E-state index in [4.69, 9.17) is 17.0 Å². The number of para-hydroxylation sites is 2. The fraction of sp³-hybridized carbons (Fsp3) is 0. The third-order valence-electron chi connectivity index (χ3n) is 5.54. The van der Waals surface area contributed by atoms with Gasteiger partial charge in [0.2, 0.25) is 0 Å². The van der Waals surface area contributed by atoms with E-state index in [0.29, 0.717) is 33.2 Å². The van der Waals surface area contributed by atoms with Gasteiger partial charge in [-0.25, -0.2) is 0 Å². The van der Waals surface area contributed by atoms with Crippen molar-refractivity contribution in [3.05, 3.63) is 111 Å². The molecule has 3 aromatic carbocycles. The number of hydrogen-bond donors (Lipinski definition) is 1. The second kappa shape index (κ2) is 10.1. The molecule has 4 aromatic rings. The molecule has 2 heterocycles. The highest BCUT2D eigenvalue weighted by Gasteiger charge is 2.35. The Labute approximate surface area is 220 Å². The minimum atomic E-state index is -0.641. The molecule has 10 heteroatoms. The van der Waals surface area contributed by atoms with Crippen molar-refractivity contribution in [2.75, 3.05) is 4.90 Å². The largest absolute Gasteiger partial charge is 0.457 e. The third kappa shape index (κ3) is 4.88. The molecule has 37 heavy (non-hydrogen) atoms. The summed E-state index contributed by atoms with van der Waals surface area (Å²) in [5.41, 5.74) is 1.19. The molecule has 1 aromatic heterocycles. The van der Waals surface area contributed by atoms with Gasteiger partial charge in [0.05, 0.1) is 16.2 Å². The Bertz CT molecular complexity index is 1560.